The molecule has 0 bridgehead atoms. The highest BCUT2D eigenvalue weighted by Crippen LogP contribution is 2.17. The minimum atomic E-state index is 0.858. The van der Waals surface area contributed by atoms with Gasteiger partial charge >= 0.3 is 0 Å². The smallest absolute Gasteiger partial charge is 0.0795 e. The molecule has 0 amide bonds. The van der Waals surface area contributed by atoms with Gasteiger partial charge in [0.1, 0.15) is 0 Å². The van der Waals surface area contributed by atoms with Crippen LogP contribution in [-0.2, 0) is 11.9 Å². The summed E-state index contributed by atoms with van der Waals surface area (Å²) in [6, 6.07) is 8.56. The van der Waals surface area contributed by atoms with Crippen LogP contribution in [0.4, 0.5) is 5.69 Å². The van der Waals surface area contributed by atoms with Gasteiger partial charge < -0.3 is 4.90 Å². The van der Waals surface area contributed by atoms with Gasteiger partial charge in [0.15, 0.2) is 0 Å². The molecule has 2 nitrogen and oxygen atoms in total. The van der Waals surface area contributed by atoms with E-state index in [0.29, 0.717) is 0 Å². The van der Waals surface area contributed by atoms with Crippen molar-refractivity contribution >= 4 is 33.0 Å². The predicted molar refractivity (Wildman–Crippen MR) is 73.3 cm³/mol. The number of anilines is 1. The van der Waals surface area contributed by atoms with Crippen LogP contribution in [0.5, 0.6) is 0 Å². The quantitative estimate of drug-likeness (QED) is 0.800. The average molecular weight is 297 g/mol. The van der Waals surface area contributed by atoms with Gasteiger partial charge in [-0.2, -0.15) is 0 Å². The Bertz CT molecular complexity index is 425. The second-order valence-electron chi connectivity index (χ2n) is 3.64. The Labute approximate surface area is 108 Å². The molecule has 1 aromatic heterocycles. The van der Waals surface area contributed by atoms with Crippen LogP contribution in [0.15, 0.2) is 35.2 Å². The van der Waals surface area contributed by atoms with Crippen molar-refractivity contribution in [1.82, 2.24) is 4.98 Å². The summed E-state index contributed by atoms with van der Waals surface area (Å²) >= 11 is 5.08. The number of nitrogens with zero attached hydrogens (tertiary/aromatic N) is 2. The van der Waals surface area contributed by atoms with Crippen molar-refractivity contribution in [2.24, 2.45) is 0 Å². The lowest BCUT2D eigenvalue weighted by atomic mass is 10.2. The highest BCUT2D eigenvalue weighted by atomic mass is 79.9. The van der Waals surface area contributed by atoms with Gasteiger partial charge in [0.05, 0.1) is 17.7 Å². The molecule has 0 saturated carbocycles. The summed E-state index contributed by atoms with van der Waals surface area (Å²) in [6.07, 6.45) is 0. The van der Waals surface area contributed by atoms with Crippen molar-refractivity contribution in [2.75, 3.05) is 11.9 Å². The summed E-state index contributed by atoms with van der Waals surface area (Å²) < 4.78 is 0. The highest BCUT2D eigenvalue weighted by molar-refractivity contribution is 9.08. The van der Waals surface area contributed by atoms with Crippen molar-refractivity contribution in [3.05, 3.63) is 46.4 Å². The number of aromatic nitrogens is 1. The molecule has 0 radical (unpaired) electrons. The zero-order valence-corrected chi connectivity index (χ0v) is 11.5. The minimum absolute atomic E-state index is 0.858. The number of hydrogen-bond donors (Lipinski definition) is 0. The van der Waals surface area contributed by atoms with Gasteiger partial charge in [-0.15, -0.1) is 11.3 Å². The van der Waals surface area contributed by atoms with Crippen LogP contribution in [0.1, 0.15) is 11.3 Å². The third-order valence-corrected chi connectivity index (χ3v) is 3.70. The highest BCUT2D eigenvalue weighted by Gasteiger charge is 2.03. The minimum Gasteiger partial charge on any atom is -0.369 e. The summed E-state index contributed by atoms with van der Waals surface area (Å²) in [6.45, 7) is 0.858. The molecular formula is C12H13BrN2S. The number of benzene rings is 1. The van der Waals surface area contributed by atoms with Crippen molar-refractivity contribution < 1.29 is 0 Å². The maximum Gasteiger partial charge on any atom is 0.0795 e. The van der Waals surface area contributed by atoms with Crippen LogP contribution in [0, 0.1) is 0 Å². The van der Waals surface area contributed by atoms with Gasteiger partial charge in [0, 0.05) is 23.4 Å². The van der Waals surface area contributed by atoms with E-state index in [1.54, 1.807) is 11.3 Å². The van der Waals surface area contributed by atoms with Gasteiger partial charge in [0.25, 0.3) is 0 Å². The summed E-state index contributed by atoms with van der Waals surface area (Å²) in [5, 5.41) is 2.99. The van der Waals surface area contributed by atoms with Gasteiger partial charge in [0.2, 0.25) is 0 Å². The third kappa shape index (κ3) is 2.83. The Balaban J connectivity index is 2.05. The Morgan fingerprint density at radius 2 is 2.06 bits per heavy atom. The van der Waals surface area contributed by atoms with E-state index in [2.05, 4.69) is 62.5 Å². The lowest BCUT2D eigenvalue weighted by Crippen LogP contribution is -2.16. The fourth-order valence-electron chi connectivity index (χ4n) is 1.49. The van der Waals surface area contributed by atoms with E-state index in [1.165, 1.54) is 11.3 Å². The molecule has 2 aromatic rings. The second kappa shape index (κ2) is 5.46. The molecule has 0 aliphatic heterocycles. The maximum atomic E-state index is 4.28. The molecule has 84 valence electrons. The molecule has 4 heteroatoms. The summed E-state index contributed by atoms with van der Waals surface area (Å²) in [7, 11) is 2.09. The fraction of sp³-hybridized carbons (Fsp3) is 0.250. The summed E-state index contributed by atoms with van der Waals surface area (Å²) in [4.78, 5) is 6.49. The molecule has 16 heavy (non-hydrogen) atoms. The largest absolute Gasteiger partial charge is 0.369 e. The van der Waals surface area contributed by atoms with E-state index in [4.69, 9.17) is 0 Å². The molecule has 1 aromatic carbocycles. The molecule has 0 aliphatic carbocycles. The van der Waals surface area contributed by atoms with Crippen LogP contribution in [0.25, 0.3) is 0 Å². The first kappa shape index (κ1) is 11.6. The fourth-order valence-corrected chi connectivity index (χ4v) is 2.41. The third-order valence-electron chi connectivity index (χ3n) is 2.41. The molecule has 0 fully saturated rings. The van der Waals surface area contributed by atoms with E-state index < -0.39 is 0 Å². The Morgan fingerprint density at radius 3 is 2.62 bits per heavy atom. The van der Waals surface area contributed by atoms with Crippen molar-refractivity contribution in [3.63, 3.8) is 0 Å². The van der Waals surface area contributed by atoms with Crippen molar-refractivity contribution in [2.45, 2.75) is 11.9 Å². The molecule has 0 atom stereocenters. The normalized spacial score (nSPS) is 10.4. The predicted octanol–water partition coefficient (Wildman–Crippen LogP) is 3.67. The van der Waals surface area contributed by atoms with Crippen LogP contribution in [0.2, 0.25) is 0 Å². The zero-order valence-electron chi connectivity index (χ0n) is 9.06. The molecule has 1 heterocycles. The monoisotopic (exact) mass is 296 g/mol. The second-order valence-corrected chi connectivity index (χ2v) is 4.92. The number of rotatable bonds is 4. The van der Waals surface area contributed by atoms with E-state index in [-0.39, 0.29) is 0 Å². The van der Waals surface area contributed by atoms with E-state index in [0.717, 1.165) is 17.6 Å². The summed E-state index contributed by atoms with van der Waals surface area (Å²) in [5.74, 6) is 0. The SMILES string of the molecule is CN(Cc1cscn1)c1ccc(CBr)cc1. The average Bonchev–Trinajstić information content (AvgIpc) is 2.82. The molecule has 0 aliphatic rings. The number of hydrogen-bond acceptors (Lipinski definition) is 3. The number of halogens is 1. The van der Waals surface area contributed by atoms with Crippen molar-refractivity contribution in [3.8, 4) is 0 Å². The molecular weight excluding hydrogens is 284 g/mol. The Morgan fingerprint density at radius 1 is 1.31 bits per heavy atom. The van der Waals surface area contributed by atoms with E-state index >= 15 is 0 Å². The topological polar surface area (TPSA) is 16.1 Å². The van der Waals surface area contributed by atoms with Gasteiger partial charge in [-0.1, -0.05) is 28.1 Å². The first-order valence-corrected chi connectivity index (χ1v) is 7.09. The molecule has 0 spiro atoms. The lowest BCUT2D eigenvalue weighted by molar-refractivity contribution is 0.894. The standard InChI is InChI=1S/C12H13BrN2S/c1-15(7-11-8-16-9-14-11)12-4-2-10(6-13)3-5-12/h2-5,8-9H,6-7H2,1H3. The van der Waals surface area contributed by atoms with E-state index in [1.807, 2.05) is 5.51 Å². The molecule has 0 saturated heterocycles. The van der Waals surface area contributed by atoms with Crippen LogP contribution < -0.4 is 4.90 Å². The van der Waals surface area contributed by atoms with Gasteiger partial charge in [-0.05, 0) is 17.7 Å². The Kier molecular flexibility index (Phi) is 3.96. The Hall–Kier alpha value is -0.870. The molecule has 0 N–H and O–H groups in total. The van der Waals surface area contributed by atoms with E-state index in [9.17, 15) is 0 Å². The maximum absolute atomic E-state index is 4.28. The van der Waals surface area contributed by atoms with Gasteiger partial charge in [-0.3, -0.25) is 0 Å². The first-order valence-electron chi connectivity index (χ1n) is 5.02. The van der Waals surface area contributed by atoms with Crippen molar-refractivity contribution in [1.29, 1.82) is 0 Å². The summed E-state index contributed by atoms with van der Waals surface area (Å²) in [5.41, 5.74) is 5.51. The zero-order chi connectivity index (χ0) is 11.4. The van der Waals surface area contributed by atoms with Crippen LogP contribution in [0.3, 0.4) is 0 Å². The lowest BCUT2D eigenvalue weighted by Gasteiger charge is -2.18. The van der Waals surface area contributed by atoms with Crippen LogP contribution in [-0.4, -0.2) is 12.0 Å². The van der Waals surface area contributed by atoms with Crippen LogP contribution >= 0.6 is 27.3 Å². The van der Waals surface area contributed by atoms with Gasteiger partial charge in [-0.25, -0.2) is 4.98 Å². The molecule has 2 rings (SSSR count). The molecule has 0 unspecified atom stereocenters. The number of alkyl halides is 1. The number of thiazole rings is 1. The first-order chi connectivity index (χ1) is 7.79.